The van der Waals surface area contributed by atoms with E-state index in [0.717, 1.165) is 37.9 Å². The number of hydrogen-bond acceptors (Lipinski definition) is 2. The monoisotopic (exact) mass is 281 g/mol. The SMILES string of the molecule is CCC(CC(=O)O)(c1ccc(Cl)cc1)N1CCCC1. The van der Waals surface area contributed by atoms with E-state index in [2.05, 4.69) is 11.8 Å². The van der Waals surface area contributed by atoms with Gasteiger partial charge in [-0.25, -0.2) is 0 Å². The fourth-order valence-electron chi connectivity index (χ4n) is 3.10. The zero-order valence-corrected chi connectivity index (χ0v) is 12.0. The minimum absolute atomic E-state index is 0.144. The molecule has 0 radical (unpaired) electrons. The summed E-state index contributed by atoms with van der Waals surface area (Å²) in [5.74, 6) is -0.747. The van der Waals surface area contributed by atoms with Crippen molar-refractivity contribution in [2.24, 2.45) is 0 Å². The minimum Gasteiger partial charge on any atom is -0.481 e. The summed E-state index contributed by atoms with van der Waals surface area (Å²) in [6, 6.07) is 7.62. The molecule has 0 bridgehead atoms. The van der Waals surface area contributed by atoms with Crippen molar-refractivity contribution in [1.82, 2.24) is 4.90 Å². The molecule has 1 aromatic carbocycles. The fraction of sp³-hybridized carbons (Fsp3) is 0.533. The summed E-state index contributed by atoms with van der Waals surface area (Å²) >= 11 is 5.94. The number of carbonyl (C=O) groups is 1. The number of halogens is 1. The van der Waals surface area contributed by atoms with Crippen molar-refractivity contribution in [3.63, 3.8) is 0 Å². The first-order valence-electron chi connectivity index (χ1n) is 6.81. The summed E-state index contributed by atoms with van der Waals surface area (Å²) in [6.07, 6.45) is 3.23. The molecule has 19 heavy (non-hydrogen) atoms. The van der Waals surface area contributed by atoms with Gasteiger partial charge in [0.1, 0.15) is 0 Å². The van der Waals surface area contributed by atoms with E-state index in [9.17, 15) is 9.90 Å². The molecule has 4 heteroatoms. The van der Waals surface area contributed by atoms with Crippen LogP contribution in [-0.2, 0) is 10.3 Å². The highest BCUT2D eigenvalue weighted by atomic mass is 35.5. The average molecular weight is 282 g/mol. The molecule has 0 spiro atoms. The normalized spacial score (nSPS) is 19.3. The Bertz CT molecular complexity index is 440. The van der Waals surface area contributed by atoms with Gasteiger partial charge in [-0.3, -0.25) is 9.69 Å². The minimum atomic E-state index is -0.747. The number of rotatable bonds is 5. The van der Waals surface area contributed by atoms with Gasteiger partial charge in [0.05, 0.1) is 12.0 Å². The Morgan fingerprint density at radius 2 is 1.89 bits per heavy atom. The Morgan fingerprint density at radius 3 is 2.37 bits per heavy atom. The van der Waals surface area contributed by atoms with Gasteiger partial charge in [0.15, 0.2) is 0 Å². The van der Waals surface area contributed by atoms with Crippen LogP contribution in [0.1, 0.15) is 38.2 Å². The van der Waals surface area contributed by atoms with Crippen molar-refractivity contribution in [2.45, 2.75) is 38.1 Å². The molecule has 1 heterocycles. The van der Waals surface area contributed by atoms with Gasteiger partial charge >= 0.3 is 5.97 Å². The van der Waals surface area contributed by atoms with E-state index in [0.29, 0.717) is 5.02 Å². The number of nitrogens with zero attached hydrogens (tertiary/aromatic N) is 1. The van der Waals surface area contributed by atoms with E-state index in [4.69, 9.17) is 11.6 Å². The molecule has 1 N–H and O–H groups in total. The van der Waals surface area contributed by atoms with Crippen molar-refractivity contribution in [1.29, 1.82) is 0 Å². The van der Waals surface area contributed by atoms with Gasteiger partial charge in [0, 0.05) is 5.02 Å². The van der Waals surface area contributed by atoms with Crippen molar-refractivity contribution in [2.75, 3.05) is 13.1 Å². The summed E-state index contributed by atoms with van der Waals surface area (Å²) in [5, 5.41) is 9.99. The highest BCUT2D eigenvalue weighted by Crippen LogP contribution is 2.38. The van der Waals surface area contributed by atoms with Gasteiger partial charge in [0.2, 0.25) is 0 Å². The fourth-order valence-corrected chi connectivity index (χ4v) is 3.23. The van der Waals surface area contributed by atoms with Gasteiger partial charge in [-0.2, -0.15) is 0 Å². The van der Waals surface area contributed by atoms with E-state index >= 15 is 0 Å². The van der Waals surface area contributed by atoms with Gasteiger partial charge in [0.25, 0.3) is 0 Å². The summed E-state index contributed by atoms with van der Waals surface area (Å²) in [5.41, 5.74) is 0.663. The Kier molecular flexibility index (Phi) is 4.48. The van der Waals surface area contributed by atoms with Crippen LogP contribution >= 0.6 is 11.6 Å². The van der Waals surface area contributed by atoms with E-state index in [1.165, 1.54) is 0 Å². The van der Waals surface area contributed by atoms with Crippen LogP contribution < -0.4 is 0 Å². The predicted octanol–water partition coefficient (Wildman–Crippen LogP) is 3.52. The molecule has 104 valence electrons. The third kappa shape index (κ3) is 2.93. The van der Waals surface area contributed by atoms with E-state index in [-0.39, 0.29) is 6.42 Å². The van der Waals surface area contributed by atoms with Crippen molar-refractivity contribution < 1.29 is 9.90 Å². The van der Waals surface area contributed by atoms with Crippen molar-refractivity contribution >= 4 is 17.6 Å². The lowest BCUT2D eigenvalue weighted by Gasteiger charge is -2.41. The molecule has 0 saturated carbocycles. The Hall–Kier alpha value is -1.06. The van der Waals surface area contributed by atoms with Crippen molar-refractivity contribution in [3.05, 3.63) is 34.9 Å². The lowest BCUT2D eigenvalue weighted by atomic mass is 9.82. The smallest absolute Gasteiger partial charge is 0.305 e. The first-order chi connectivity index (χ1) is 9.08. The molecule has 1 aliphatic rings. The van der Waals surface area contributed by atoms with Crippen LogP contribution in [0.4, 0.5) is 0 Å². The first-order valence-corrected chi connectivity index (χ1v) is 7.19. The van der Waals surface area contributed by atoms with Crippen LogP contribution in [0.15, 0.2) is 24.3 Å². The molecule has 1 fully saturated rings. The average Bonchev–Trinajstić information content (AvgIpc) is 2.91. The summed E-state index contributed by atoms with van der Waals surface area (Å²) < 4.78 is 0. The molecular formula is C15H20ClNO2. The second kappa shape index (κ2) is 5.93. The van der Waals surface area contributed by atoms with Crippen LogP contribution in [0.5, 0.6) is 0 Å². The number of benzene rings is 1. The summed E-state index contributed by atoms with van der Waals surface area (Å²) in [6.45, 7) is 4.02. The molecule has 1 aromatic rings. The van der Waals surface area contributed by atoms with Crippen LogP contribution in [-0.4, -0.2) is 29.1 Å². The molecule has 0 amide bonds. The van der Waals surface area contributed by atoms with Gasteiger partial charge in [-0.05, 0) is 50.0 Å². The quantitative estimate of drug-likeness (QED) is 0.898. The first kappa shape index (κ1) is 14.4. The maximum Gasteiger partial charge on any atom is 0.305 e. The van der Waals surface area contributed by atoms with Gasteiger partial charge in [-0.1, -0.05) is 30.7 Å². The predicted molar refractivity (Wildman–Crippen MR) is 76.5 cm³/mol. The summed E-state index contributed by atoms with van der Waals surface area (Å²) in [4.78, 5) is 13.6. The molecule has 1 saturated heterocycles. The molecule has 0 aromatic heterocycles. The molecule has 1 aliphatic heterocycles. The maximum absolute atomic E-state index is 11.3. The number of aliphatic carboxylic acids is 1. The number of carboxylic acids is 1. The standard InChI is InChI=1S/C15H20ClNO2/c1-2-15(11-14(18)19,17-9-3-4-10-17)12-5-7-13(16)8-6-12/h5-8H,2-4,9-11H2,1H3,(H,18,19). The van der Waals surface area contributed by atoms with E-state index in [1.54, 1.807) is 0 Å². The molecule has 0 aliphatic carbocycles. The van der Waals surface area contributed by atoms with Crippen LogP contribution in [0.25, 0.3) is 0 Å². The molecule has 1 unspecified atom stereocenters. The Morgan fingerprint density at radius 1 is 1.32 bits per heavy atom. The zero-order chi connectivity index (χ0) is 13.9. The highest BCUT2D eigenvalue weighted by molar-refractivity contribution is 6.30. The summed E-state index contributed by atoms with van der Waals surface area (Å²) in [7, 11) is 0. The second-order valence-electron chi connectivity index (χ2n) is 5.16. The lowest BCUT2D eigenvalue weighted by molar-refractivity contribution is -0.140. The van der Waals surface area contributed by atoms with Crippen molar-refractivity contribution in [3.8, 4) is 0 Å². The van der Waals surface area contributed by atoms with Crippen LogP contribution in [0.2, 0.25) is 5.02 Å². The largest absolute Gasteiger partial charge is 0.481 e. The van der Waals surface area contributed by atoms with E-state index in [1.807, 2.05) is 24.3 Å². The topological polar surface area (TPSA) is 40.5 Å². The highest BCUT2D eigenvalue weighted by Gasteiger charge is 2.40. The number of hydrogen-bond donors (Lipinski definition) is 1. The van der Waals surface area contributed by atoms with Gasteiger partial charge in [-0.15, -0.1) is 0 Å². The lowest BCUT2D eigenvalue weighted by Crippen LogP contribution is -2.45. The second-order valence-corrected chi connectivity index (χ2v) is 5.59. The van der Waals surface area contributed by atoms with Gasteiger partial charge < -0.3 is 5.11 Å². The molecule has 2 rings (SSSR count). The Balaban J connectivity index is 2.41. The number of likely N-dealkylation sites (tertiary alicyclic amines) is 1. The third-order valence-corrected chi connectivity index (χ3v) is 4.37. The molecule has 1 atom stereocenters. The molecule has 3 nitrogen and oxygen atoms in total. The van der Waals surface area contributed by atoms with Crippen LogP contribution in [0.3, 0.4) is 0 Å². The number of carboxylic acid groups (broad SMARTS) is 1. The zero-order valence-electron chi connectivity index (χ0n) is 11.2. The molecular weight excluding hydrogens is 262 g/mol. The Labute approximate surface area is 119 Å². The maximum atomic E-state index is 11.3. The van der Waals surface area contributed by atoms with Crippen LogP contribution in [0, 0.1) is 0 Å². The van der Waals surface area contributed by atoms with E-state index < -0.39 is 11.5 Å². The third-order valence-electron chi connectivity index (χ3n) is 4.12.